The summed E-state index contributed by atoms with van der Waals surface area (Å²) in [5.74, 6) is -0.423. The van der Waals surface area contributed by atoms with Gasteiger partial charge in [0, 0.05) is 17.6 Å². The van der Waals surface area contributed by atoms with Crippen molar-refractivity contribution < 1.29 is 18.7 Å². The van der Waals surface area contributed by atoms with Crippen molar-refractivity contribution in [2.75, 3.05) is 19.5 Å². The molecule has 1 saturated heterocycles. The number of aromatic nitrogens is 2. The maximum absolute atomic E-state index is 15.5. The van der Waals surface area contributed by atoms with E-state index in [4.69, 9.17) is 9.47 Å². The van der Waals surface area contributed by atoms with Crippen LogP contribution < -0.4 is 0 Å². The van der Waals surface area contributed by atoms with Crippen LogP contribution in [0.25, 0.3) is 28.1 Å². The van der Waals surface area contributed by atoms with E-state index in [0.29, 0.717) is 24.5 Å². The van der Waals surface area contributed by atoms with Crippen LogP contribution in [0, 0.1) is 11.9 Å². The molecule has 1 aliphatic carbocycles. The molecule has 0 radical (unpaired) electrons. The van der Waals surface area contributed by atoms with E-state index in [-0.39, 0.29) is 12.2 Å². The first kappa shape index (κ1) is 29.4. The lowest BCUT2D eigenvalue weighted by Crippen LogP contribution is -2.19. The number of halogens is 1. The lowest BCUT2D eigenvalue weighted by molar-refractivity contribution is -0.137. The quantitative estimate of drug-likeness (QED) is 0.0836. The lowest BCUT2D eigenvalue weighted by Gasteiger charge is -2.32. The van der Waals surface area contributed by atoms with Crippen LogP contribution in [0.3, 0.4) is 0 Å². The molecule has 0 bridgehead atoms. The third-order valence-electron chi connectivity index (χ3n) is 8.46. The van der Waals surface area contributed by atoms with Crippen LogP contribution >= 0.6 is 11.8 Å². The predicted octanol–water partition coefficient (Wildman–Crippen LogP) is 8.93. The van der Waals surface area contributed by atoms with E-state index in [0.717, 1.165) is 59.9 Å². The Bertz CT molecular complexity index is 1660. The summed E-state index contributed by atoms with van der Waals surface area (Å²) in [6, 6.07) is 22.9. The molecule has 6 rings (SSSR count). The second kappa shape index (κ2) is 13.3. The predicted molar refractivity (Wildman–Crippen MR) is 172 cm³/mol. The number of hydrogen-bond acceptors (Lipinski definition) is 5. The Kier molecular flexibility index (Phi) is 9.10. The van der Waals surface area contributed by atoms with Gasteiger partial charge in [-0.15, -0.1) is 16.9 Å². The Labute approximate surface area is 256 Å². The molecule has 2 fully saturated rings. The highest BCUT2D eigenvalue weighted by Gasteiger charge is 2.29. The largest absolute Gasteiger partial charge is 0.463 e. The minimum absolute atomic E-state index is 0.240. The van der Waals surface area contributed by atoms with Crippen LogP contribution in [-0.4, -0.2) is 35.2 Å². The van der Waals surface area contributed by atoms with E-state index in [1.165, 1.54) is 28.5 Å². The molecule has 7 heteroatoms. The van der Waals surface area contributed by atoms with Crippen molar-refractivity contribution in [3.05, 3.63) is 101 Å². The molecule has 1 saturated carbocycles. The summed E-state index contributed by atoms with van der Waals surface area (Å²) in [6.45, 7) is 2.81. The van der Waals surface area contributed by atoms with Crippen molar-refractivity contribution in [3.8, 4) is 0 Å². The summed E-state index contributed by atoms with van der Waals surface area (Å²) < 4.78 is 28.2. The number of allylic oxidation sites excluding steroid dienone is 1. The van der Waals surface area contributed by atoms with E-state index in [9.17, 15) is 4.79 Å². The van der Waals surface area contributed by atoms with E-state index in [2.05, 4.69) is 53.8 Å². The third kappa shape index (κ3) is 6.20. The van der Waals surface area contributed by atoms with Gasteiger partial charge in [0.2, 0.25) is 5.95 Å². The number of thioether (sulfide) groups is 1. The molecule has 2 aliphatic rings. The fraction of sp³-hybridized carbons (Fsp3) is 0.333. The van der Waals surface area contributed by atoms with Gasteiger partial charge in [-0.2, -0.15) is 4.39 Å². The molecule has 5 nitrogen and oxygen atoms in total. The topological polar surface area (TPSA) is 53.3 Å². The molecule has 1 aromatic heterocycles. The van der Waals surface area contributed by atoms with Gasteiger partial charge in [0.25, 0.3) is 0 Å². The minimum Gasteiger partial charge on any atom is -0.463 e. The molecule has 2 heterocycles. The second-order valence-corrected chi connectivity index (χ2v) is 12.0. The molecule has 0 spiro atoms. The SMILES string of the molecule is CCOC(=O)/C=C/c1ccc(/C(=C(\c2ccccc2SC)C2CCC2)c2ccc3c(c2)c(F)nn3C2CCCCO2)cc1. The molecule has 3 aromatic carbocycles. The van der Waals surface area contributed by atoms with E-state index < -0.39 is 5.95 Å². The van der Waals surface area contributed by atoms with Gasteiger partial charge >= 0.3 is 5.97 Å². The lowest BCUT2D eigenvalue weighted by atomic mass is 9.73. The Morgan fingerprint density at radius 3 is 2.53 bits per heavy atom. The van der Waals surface area contributed by atoms with E-state index >= 15 is 4.39 Å². The van der Waals surface area contributed by atoms with Crippen molar-refractivity contribution in [2.24, 2.45) is 5.92 Å². The van der Waals surface area contributed by atoms with Gasteiger partial charge in [-0.3, -0.25) is 0 Å². The standard InChI is InChI=1S/C36H37FN2O3S/c1-3-41-33(40)21-16-24-14-17-26(18-15-24)34(35(25-9-8-10-25)28-11-4-5-12-31(28)43-2)27-19-20-30-29(23-27)36(37)38-39(30)32-13-6-7-22-42-32/h4-5,11-12,14-21,23,25,32H,3,6-10,13,22H2,1-2H3/b21-16+,35-34+. The number of benzene rings is 3. The molecule has 4 aromatic rings. The van der Waals surface area contributed by atoms with Gasteiger partial charge < -0.3 is 9.47 Å². The van der Waals surface area contributed by atoms with Gasteiger partial charge in [0.05, 0.1) is 17.5 Å². The molecule has 1 aliphatic heterocycles. The van der Waals surface area contributed by atoms with E-state index in [1.54, 1.807) is 29.4 Å². The fourth-order valence-corrected chi connectivity index (χ4v) is 6.72. The number of carbonyl (C=O) groups excluding carboxylic acids is 1. The average Bonchev–Trinajstić information content (AvgIpc) is 3.35. The number of esters is 1. The summed E-state index contributed by atoms with van der Waals surface area (Å²) in [5, 5.41) is 4.80. The normalized spacial score (nSPS) is 18.1. The zero-order valence-electron chi connectivity index (χ0n) is 24.7. The van der Waals surface area contributed by atoms with Crippen molar-refractivity contribution in [1.29, 1.82) is 0 Å². The number of fused-ring (bicyclic) bond motifs is 1. The first-order valence-electron chi connectivity index (χ1n) is 15.2. The van der Waals surface area contributed by atoms with Crippen LogP contribution in [0.4, 0.5) is 4.39 Å². The molecule has 1 atom stereocenters. The molecule has 0 N–H and O–H groups in total. The molecular weight excluding hydrogens is 559 g/mol. The van der Waals surface area contributed by atoms with Crippen LogP contribution in [0.5, 0.6) is 0 Å². The van der Waals surface area contributed by atoms with Crippen LogP contribution in [0.1, 0.15) is 73.9 Å². The van der Waals surface area contributed by atoms with Crippen molar-refractivity contribution in [3.63, 3.8) is 0 Å². The van der Waals surface area contributed by atoms with Gasteiger partial charge in [0.1, 0.15) is 0 Å². The molecule has 43 heavy (non-hydrogen) atoms. The van der Waals surface area contributed by atoms with E-state index in [1.807, 2.05) is 24.3 Å². The first-order chi connectivity index (χ1) is 21.1. The summed E-state index contributed by atoms with van der Waals surface area (Å²) in [5.41, 5.74) is 7.30. The summed E-state index contributed by atoms with van der Waals surface area (Å²) in [4.78, 5) is 13.1. The Morgan fingerprint density at radius 1 is 1.05 bits per heavy atom. The molecule has 222 valence electrons. The number of nitrogens with zero attached hydrogens (tertiary/aromatic N) is 2. The second-order valence-electron chi connectivity index (χ2n) is 11.1. The Morgan fingerprint density at radius 2 is 1.84 bits per heavy atom. The van der Waals surface area contributed by atoms with Crippen LogP contribution in [0.15, 0.2) is 77.7 Å². The number of hydrogen-bond donors (Lipinski definition) is 0. The maximum atomic E-state index is 15.5. The molecular formula is C36H37FN2O3S. The first-order valence-corrected chi connectivity index (χ1v) is 16.4. The van der Waals surface area contributed by atoms with Crippen LogP contribution in [-0.2, 0) is 14.3 Å². The fourth-order valence-electron chi connectivity index (χ4n) is 6.11. The molecule has 1 unspecified atom stereocenters. The van der Waals surface area contributed by atoms with Crippen LogP contribution in [0.2, 0.25) is 0 Å². The summed E-state index contributed by atoms with van der Waals surface area (Å²) in [6.07, 6.45) is 11.4. The highest BCUT2D eigenvalue weighted by molar-refractivity contribution is 7.98. The van der Waals surface area contributed by atoms with Crippen molar-refractivity contribution in [1.82, 2.24) is 9.78 Å². The van der Waals surface area contributed by atoms with Gasteiger partial charge in [-0.05, 0) is 109 Å². The van der Waals surface area contributed by atoms with Gasteiger partial charge in [-0.1, -0.05) is 55.0 Å². The van der Waals surface area contributed by atoms with Gasteiger partial charge in [-0.25, -0.2) is 9.48 Å². The summed E-state index contributed by atoms with van der Waals surface area (Å²) in [7, 11) is 0. The number of carbonyl (C=O) groups is 1. The average molecular weight is 597 g/mol. The molecule has 0 amide bonds. The highest BCUT2D eigenvalue weighted by Crippen LogP contribution is 2.47. The summed E-state index contributed by atoms with van der Waals surface area (Å²) >= 11 is 1.75. The zero-order chi connectivity index (χ0) is 29.8. The Hall–Kier alpha value is -3.68. The highest BCUT2D eigenvalue weighted by atomic mass is 32.2. The number of rotatable bonds is 9. The number of ether oxygens (including phenoxy) is 2. The maximum Gasteiger partial charge on any atom is 0.330 e. The monoisotopic (exact) mass is 596 g/mol. The van der Waals surface area contributed by atoms with Crippen molar-refractivity contribution >= 4 is 45.9 Å². The minimum atomic E-state index is -0.473. The third-order valence-corrected chi connectivity index (χ3v) is 9.25. The van der Waals surface area contributed by atoms with Crippen molar-refractivity contribution in [2.45, 2.75) is 56.6 Å². The Balaban J connectivity index is 1.51. The van der Waals surface area contributed by atoms with Gasteiger partial charge in [0.15, 0.2) is 6.23 Å². The smallest absolute Gasteiger partial charge is 0.330 e. The zero-order valence-corrected chi connectivity index (χ0v) is 25.5.